The molecule has 0 radical (unpaired) electrons. The standard InChI is InChI=1S/C23H24N2O/c1-17-15-21(24-16-18(2)19-9-5-3-6-10-19)13-14-22(17)25-23(26)20-11-7-4-8-12-20/h3-15,18,24H,16H2,1-2H3,(H,25,26). The van der Waals surface area contributed by atoms with Gasteiger partial charge in [-0.05, 0) is 54.3 Å². The molecular weight excluding hydrogens is 320 g/mol. The molecule has 2 N–H and O–H groups in total. The Morgan fingerprint density at radius 1 is 0.923 bits per heavy atom. The van der Waals surface area contributed by atoms with Crippen molar-refractivity contribution in [2.24, 2.45) is 0 Å². The Kier molecular flexibility index (Phi) is 5.69. The first-order valence-corrected chi connectivity index (χ1v) is 8.89. The van der Waals surface area contributed by atoms with Gasteiger partial charge in [0, 0.05) is 23.5 Å². The van der Waals surface area contributed by atoms with Gasteiger partial charge >= 0.3 is 0 Å². The Balaban J connectivity index is 1.61. The second-order valence-corrected chi connectivity index (χ2v) is 6.54. The fourth-order valence-corrected chi connectivity index (χ4v) is 2.87. The molecule has 0 spiro atoms. The number of amides is 1. The van der Waals surface area contributed by atoms with Crippen molar-refractivity contribution >= 4 is 17.3 Å². The van der Waals surface area contributed by atoms with Gasteiger partial charge in [0.15, 0.2) is 0 Å². The van der Waals surface area contributed by atoms with Gasteiger partial charge < -0.3 is 10.6 Å². The van der Waals surface area contributed by atoms with Crippen LogP contribution in [0, 0.1) is 6.92 Å². The lowest BCUT2D eigenvalue weighted by Gasteiger charge is -2.15. The van der Waals surface area contributed by atoms with Gasteiger partial charge in [0.2, 0.25) is 0 Å². The van der Waals surface area contributed by atoms with Gasteiger partial charge in [-0.15, -0.1) is 0 Å². The van der Waals surface area contributed by atoms with Gasteiger partial charge in [-0.1, -0.05) is 55.5 Å². The zero-order valence-corrected chi connectivity index (χ0v) is 15.2. The van der Waals surface area contributed by atoms with Gasteiger partial charge in [-0.25, -0.2) is 0 Å². The van der Waals surface area contributed by atoms with Crippen molar-refractivity contribution in [3.8, 4) is 0 Å². The van der Waals surface area contributed by atoms with E-state index in [2.05, 4.69) is 47.9 Å². The van der Waals surface area contributed by atoms with Crippen molar-refractivity contribution in [2.75, 3.05) is 17.2 Å². The summed E-state index contributed by atoms with van der Waals surface area (Å²) in [6, 6.07) is 25.8. The van der Waals surface area contributed by atoms with E-state index in [-0.39, 0.29) is 5.91 Å². The lowest BCUT2D eigenvalue weighted by Crippen LogP contribution is -2.13. The number of carbonyl (C=O) groups is 1. The van der Waals surface area contributed by atoms with Crippen LogP contribution in [-0.2, 0) is 0 Å². The van der Waals surface area contributed by atoms with E-state index >= 15 is 0 Å². The molecule has 0 saturated carbocycles. The predicted molar refractivity (Wildman–Crippen MR) is 109 cm³/mol. The second-order valence-electron chi connectivity index (χ2n) is 6.54. The first-order chi connectivity index (χ1) is 12.6. The van der Waals surface area contributed by atoms with Crippen LogP contribution in [-0.4, -0.2) is 12.5 Å². The second kappa shape index (κ2) is 8.34. The molecule has 1 unspecified atom stereocenters. The van der Waals surface area contributed by atoms with Crippen LogP contribution in [0.4, 0.5) is 11.4 Å². The average molecular weight is 344 g/mol. The van der Waals surface area contributed by atoms with Crippen LogP contribution < -0.4 is 10.6 Å². The number of nitrogens with one attached hydrogen (secondary N) is 2. The average Bonchev–Trinajstić information content (AvgIpc) is 2.69. The van der Waals surface area contributed by atoms with E-state index in [0.29, 0.717) is 11.5 Å². The minimum atomic E-state index is -0.0906. The molecule has 1 atom stereocenters. The van der Waals surface area contributed by atoms with Crippen LogP contribution in [0.25, 0.3) is 0 Å². The summed E-state index contributed by atoms with van der Waals surface area (Å²) in [5.74, 6) is 0.334. The molecule has 0 aliphatic heterocycles. The molecule has 3 aromatic rings. The lowest BCUT2D eigenvalue weighted by atomic mass is 10.0. The van der Waals surface area contributed by atoms with Crippen molar-refractivity contribution in [2.45, 2.75) is 19.8 Å². The summed E-state index contributed by atoms with van der Waals surface area (Å²) in [7, 11) is 0. The van der Waals surface area contributed by atoms with Crippen molar-refractivity contribution in [1.82, 2.24) is 0 Å². The van der Waals surface area contributed by atoms with Crippen LogP contribution in [0.3, 0.4) is 0 Å². The van der Waals surface area contributed by atoms with E-state index in [1.54, 1.807) is 0 Å². The number of carbonyl (C=O) groups excluding carboxylic acids is 1. The third-order valence-electron chi connectivity index (χ3n) is 4.49. The van der Waals surface area contributed by atoms with Crippen molar-refractivity contribution < 1.29 is 4.79 Å². The number of benzene rings is 3. The van der Waals surface area contributed by atoms with E-state index in [4.69, 9.17) is 0 Å². The monoisotopic (exact) mass is 344 g/mol. The minimum Gasteiger partial charge on any atom is -0.384 e. The number of aryl methyl sites for hydroxylation is 1. The largest absolute Gasteiger partial charge is 0.384 e. The molecular formula is C23H24N2O. The highest BCUT2D eigenvalue weighted by atomic mass is 16.1. The van der Waals surface area contributed by atoms with Crippen molar-refractivity contribution in [3.05, 3.63) is 95.6 Å². The zero-order valence-electron chi connectivity index (χ0n) is 15.2. The Bertz CT molecular complexity index is 860. The van der Waals surface area contributed by atoms with Crippen molar-refractivity contribution in [1.29, 1.82) is 0 Å². The smallest absolute Gasteiger partial charge is 0.255 e. The van der Waals surface area contributed by atoms with Gasteiger partial charge in [0.25, 0.3) is 5.91 Å². The molecule has 3 nitrogen and oxygen atoms in total. The highest BCUT2D eigenvalue weighted by Crippen LogP contribution is 2.22. The summed E-state index contributed by atoms with van der Waals surface area (Å²) in [5.41, 5.74) is 4.91. The molecule has 0 aromatic heterocycles. The highest BCUT2D eigenvalue weighted by Gasteiger charge is 2.08. The molecule has 3 rings (SSSR count). The summed E-state index contributed by atoms with van der Waals surface area (Å²) in [6.45, 7) is 5.08. The molecule has 0 aliphatic carbocycles. The fourth-order valence-electron chi connectivity index (χ4n) is 2.87. The van der Waals surface area contributed by atoms with E-state index in [9.17, 15) is 4.79 Å². The van der Waals surface area contributed by atoms with Gasteiger partial charge in [-0.2, -0.15) is 0 Å². The summed E-state index contributed by atoms with van der Waals surface area (Å²) >= 11 is 0. The van der Waals surface area contributed by atoms with Gasteiger partial charge in [0.05, 0.1) is 0 Å². The number of hydrogen-bond acceptors (Lipinski definition) is 2. The molecule has 0 fully saturated rings. The summed E-state index contributed by atoms with van der Waals surface area (Å²) in [6.07, 6.45) is 0. The van der Waals surface area contributed by atoms with Gasteiger partial charge in [-0.3, -0.25) is 4.79 Å². The molecule has 3 aromatic carbocycles. The Morgan fingerprint density at radius 3 is 2.23 bits per heavy atom. The summed E-state index contributed by atoms with van der Waals surface area (Å²) in [5, 5.41) is 6.46. The summed E-state index contributed by atoms with van der Waals surface area (Å²) < 4.78 is 0. The highest BCUT2D eigenvalue weighted by molar-refractivity contribution is 6.04. The lowest BCUT2D eigenvalue weighted by molar-refractivity contribution is 0.102. The first kappa shape index (κ1) is 17.7. The maximum absolute atomic E-state index is 12.3. The molecule has 0 bridgehead atoms. The van der Waals surface area contributed by atoms with E-state index in [0.717, 1.165) is 23.5 Å². The van der Waals surface area contributed by atoms with Crippen LogP contribution in [0.5, 0.6) is 0 Å². The van der Waals surface area contributed by atoms with Crippen LogP contribution >= 0.6 is 0 Å². The van der Waals surface area contributed by atoms with Crippen LogP contribution in [0.2, 0.25) is 0 Å². The molecule has 0 heterocycles. The minimum absolute atomic E-state index is 0.0906. The predicted octanol–water partition coefficient (Wildman–Crippen LogP) is 5.46. The Labute approximate surface area is 155 Å². The maximum Gasteiger partial charge on any atom is 0.255 e. The SMILES string of the molecule is Cc1cc(NCC(C)c2ccccc2)ccc1NC(=O)c1ccccc1. The Morgan fingerprint density at radius 2 is 1.58 bits per heavy atom. The maximum atomic E-state index is 12.3. The molecule has 132 valence electrons. The topological polar surface area (TPSA) is 41.1 Å². The number of rotatable bonds is 6. The summed E-state index contributed by atoms with van der Waals surface area (Å²) in [4.78, 5) is 12.3. The molecule has 26 heavy (non-hydrogen) atoms. The van der Waals surface area contributed by atoms with E-state index in [1.165, 1.54) is 5.56 Å². The zero-order chi connectivity index (χ0) is 18.4. The molecule has 0 saturated heterocycles. The third-order valence-corrected chi connectivity index (χ3v) is 4.49. The normalized spacial score (nSPS) is 11.6. The first-order valence-electron chi connectivity index (χ1n) is 8.89. The number of anilines is 2. The van der Waals surface area contributed by atoms with Crippen LogP contribution in [0.15, 0.2) is 78.9 Å². The van der Waals surface area contributed by atoms with Gasteiger partial charge in [0.1, 0.15) is 0 Å². The molecule has 0 aliphatic rings. The van der Waals surface area contributed by atoms with Crippen LogP contribution in [0.1, 0.15) is 34.3 Å². The third kappa shape index (κ3) is 4.51. The quantitative estimate of drug-likeness (QED) is 0.623. The van der Waals surface area contributed by atoms with Crippen molar-refractivity contribution in [3.63, 3.8) is 0 Å². The Hall–Kier alpha value is -3.07. The number of hydrogen-bond donors (Lipinski definition) is 2. The van der Waals surface area contributed by atoms with E-state index < -0.39 is 0 Å². The molecule has 1 amide bonds. The fraction of sp³-hybridized carbons (Fsp3) is 0.174. The molecule has 3 heteroatoms. The van der Waals surface area contributed by atoms with E-state index in [1.807, 2.05) is 55.5 Å².